The summed E-state index contributed by atoms with van der Waals surface area (Å²) >= 11 is 0. The number of aromatic nitrogens is 4. The van der Waals surface area contributed by atoms with Crippen LogP contribution < -0.4 is 46.3 Å². The Bertz CT molecular complexity index is 3870. The number of fused-ring (bicyclic) bond motifs is 2. The van der Waals surface area contributed by atoms with Gasteiger partial charge in [0.25, 0.3) is 41.4 Å². The lowest BCUT2D eigenvalue weighted by Gasteiger charge is -2.44. The lowest BCUT2D eigenvalue weighted by molar-refractivity contribution is -0.237. The van der Waals surface area contributed by atoms with Crippen molar-refractivity contribution in [1.82, 2.24) is 19.6 Å². The Balaban J connectivity index is 0.924. The van der Waals surface area contributed by atoms with Crippen LogP contribution in [-0.4, -0.2) is 186 Å². The summed E-state index contributed by atoms with van der Waals surface area (Å²) in [6, 6.07) is 8.30. The van der Waals surface area contributed by atoms with Gasteiger partial charge in [-0.05, 0) is 55.0 Å². The molecule has 0 aliphatic carbocycles. The van der Waals surface area contributed by atoms with E-state index in [4.69, 9.17) is 26.7 Å². The number of nitrogens with two attached hydrogens (primary N) is 3. The number of ether oxygens (including phenoxy) is 2. The van der Waals surface area contributed by atoms with E-state index in [1.807, 2.05) is 0 Å². The Hall–Kier alpha value is -10.3. The number of nitrogen functional groups attached to an aromatic ring is 1. The fourth-order valence-electron chi connectivity index (χ4n) is 10.6. The molecule has 4 aliphatic heterocycles. The number of anilines is 5. The summed E-state index contributed by atoms with van der Waals surface area (Å²) < 4.78 is 11.0. The number of methoxy groups -OCH3 is 1. The van der Waals surface area contributed by atoms with Gasteiger partial charge in [0.05, 0.1) is 43.9 Å². The molecule has 2 saturated heterocycles. The second kappa shape index (κ2) is 19.7. The maximum atomic E-state index is 14.4. The van der Waals surface area contributed by atoms with E-state index in [9.17, 15) is 116 Å². The summed E-state index contributed by atoms with van der Waals surface area (Å²) in [5.74, 6) is -36.3. The molecule has 4 aliphatic rings. The molecule has 86 heavy (non-hydrogen) atoms. The normalized spacial score (nSPS) is 19.3. The van der Waals surface area contributed by atoms with Gasteiger partial charge in [0.1, 0.15) is 17.1 Å². The van der Waals surface area contributed by atoms with Gasteiger partial charge in [-0.2, -0.15) is 10.2 Å². The first kappa shape index (κ1) is 58.9. The Labute approximate surface area is 477 Å². The van der Waals surface area contributed by atoms with E-state index in [0.717, 1.165) is 55.6 Å². The number of benzene rings is 4. The van der Waals surface area contributed by atoms with Crippen LogP contribution in [0.25, 0.3) is 11.4 Å². The van der Waals surface area contributed by atoms with E-state index < -0.39 is 219 Å². The average Bonchev–Trinajstić information content (AvgIpc) is 1.53. The van der Waals surface area contributed by atoms with Gasteiger partial charge in [-0.1, -0.05) is 0 Å². The number of carbonyl (C=O) groups is 6. The fourth-order valence-corrected chi connectivity index (χ4v) is 10.6. The molecule has 23 N–H and O–H groups in total. The number of hydrogen-bond acceptors (Lipinski definition) is 28. The Kier molecular flexibility index (Phi) is 13.5. The van der Waals surface area contributed by atoms with E-state index in [1.54, 1.807) is 0 Å². The third kappa shape index (κ3) is 8.78. The molecule has 454 valence electrons. The summed E-state index contributed by atoms with van der Waals surface area (Å²) in [6.07, 6.45) is -2.36. The van der Waals surface area contributed by atoms with Gasteiger partial charge in [-0.15, -0.1) is 0 Å². The first-order valence-electron chi connectivity index (χ1n) is 24.9. The van der Waals surface area contributed by atoms with E-state index >= 15 is 0 Å². The fraction of sp³-hybridized carbons (Fsp3) is 0.280. The number of amides is 6. The van der Waals surface area contributed by atoms with Crippen molar-refractivity contribution in [2.24, 2.45) is 17.4 Å². The quantitative estimate of drug-likeness (QED) is 0.0237. The van der Waals surface area contributed by atoms with Gasteiger partial charge < -0.3 is 123 Å². The van der Waals surface area contributed by atoms with Gasteiger partial charge in [0.15, 0.2) is 51.5 Å². The molecular weight excluding hydrogens is 1150 g/mol. The van der Waals surface area contributed by atoms with Gasteiger partial charge in [0, 0.05) is 42.0 Å². The lowest BCUT2D eigenvalue weighted by atomic mass is 9.92. The zero-order valence-electron chi connectivity index (χ0n) is 43.8. The highest BCUT2D eigenvalue weighted by Gasteiger charge is 2.55. The summed E-state index contributed by atoms with van der Waals surface area (Å²) in [5.41, 5.74) is 6.97. The number of aliphatic hydroxyl groups is 10. The Morgan fingerprint density at radius 1 is 0.570 bits per heavy atom. The van der Waals surface area contributed by atoms with Crippen molar-refractivity contribution < 1.29 is 125 Å². The van der Waals surface area contributed by atoms with Crippen LogP contribution in [0, 0.1) is 5.92 Å². The predicted molar refractivity (Wildman–Crippen MR) is 279 cm³/mol. The molecule has 36 heteroatoms. The summed E-state index contributed by atoms with van der Waals surface area (Å²) in [5, 5.41) is 196. The molecular formula is C50H49N11O25. The molecule has 6 amide bonds. The van der Waals surface area contributed by atoms with Crippen molar-refractivity contribution in [3.8, 4) is 63.1 Å². The number of hydrogen-bond donors (Lipinski definition) is 20. The zero-order valence-corrected chi connectivity index (χ0v) is 43.8. The highest BCUT2D eigenvalue weighted by atomic mass is 16.6. The number of rotatable bonds is 12. The van der Waals surface area contributed by atoms with Crippen LogP contribution in [0.5, 0.6) is 51.7 Å². The van der Waals surface area contributed by atoms with Crippen LogP contribution in [0.3, 0.4) is 0 Å². The van der Waals surface area contributed by atoms with Crippen molar-refractivity contribution in [2.45, 2.75) is 54.9 Å². The van der Waals surface area contributed by atoms with Crippen molar-refractivity contribution in [1.29, 1.82) is 0 Å². The number of carbonyl (C=O) groups excluding carboxylic acids is 6. The lowest BCUT2D eigenvalue weighted by Crippen LogP contribution is -2.64. The van der Waals surface area contributed by atoms with E-state index in [0.29, 0.717) is 19.4 Å². The first-order chi connectivity index (χ1) is 40.0. The molecule has 1 unspecified atom stereocenters. The predicted octanol–water partition coefficient (Wildman–Crippen LogP) is -4.71. The Morgan fingerprint density at radius 3 is 1.41 bits per heavy atom. The van der Waals surface area contributed by atoms with Gasteiger partial charge in [0.2, 0.25) is 46.3 Å². The van der Waals surface area contributed by atoms with Gasteiger partial charge >= 0.3 is 0 Å². The third-order valence-electron chi connectivity index (χ3n) is 14.8. The third-order valence-corrected chi connectivity index (χ3v) is 14.8. The largest absolute Gasteiger partial charge is 0.504 e. The number of β-amino-alcohol motifs (C(OH)–C–C–N with tert-alkyl or cyclic N) is 4. The number of nitrogens with zero attached hydrogens (tertiary/aromatic N) is 8. The number of primary amides is 2. The van der Waals surface area contributed by atoms with Crippen LogP contribution in [0.1, 0.15) is 78.8 Å². The van der Waals surface area contributed by atoms with Crippen LogP contribution >= 0.6 is 0 Å². The van der Waals surface area contributed by atoms with Crippen LogP contribution in [-0.2, 0) is 21.2 Å². The van der Waals surface area contributed by atoms with E-state index in [2.05, 4.69) is 10.2 Å². The molecule has 6 aromatic rings. The van der Waals surface area contributed by atoms with Crippen molar-refractivity contribution in [3.05, 3.63) is 82.4 Å². The molecule has 1 atom stereocenters. The van der Waals surface area contributed by atoms with Crippen molar-refractivity contribution >= 4 is 63.9 Å². The van der Waals surface area contributed by atoms with Gasteiger partial charge in [-0.25, -0.2) is 9.36 Å². The molecule has 0 radical (unpaired) electrons. The maximum Gasteiger partial charge on any atom is 0.291 e. The number of piperidine rings is 2. The highest BCUT2D eigenvalue weighted by molar-refractivity contribution is 6.12. The monoisotopic (exact) mass is 1200 g/mol. The zero-order chi connectivity index (χ0) is 63.1. The van der Waals surface area contributed by atoms with Crippen molar-refractivity contribution in [2.75, 3.05) is 52.1 Å². The molecule has 36 nitrogen and oxygen atoms in total. The Morgan fingerprint density at radius 2 is 0.977 bits per heavy atom. The summed E-state index contributed by atoms with van der Waals surface area (Å²) in [4.78, 5) is 82.4. The molecule has 4 aromatic carbocycles. The molecule has 0 spiro atoms. The summed E-state index contributed by atoms with van der Waals surface area (Å²) in [6.45, 7) is -3.18. The molecule has 2 fully saturated rings. The van der Waals surface area contributed by atoms with Crippen LogP contribution in [0.4, 0.5) is 28.4 Å². The van der Waals surface area contributed by atoms with E-state index in [1.165, 1.54) is 0 Å². The van der Waals surface area contributed by atoms with Crippen molar-refractivity contribution in [3.63, 3.8) is 0 Å². The number of aromatic hydroxyl groups is 7. The second-order valence-electron chi connectivity index (χ2n) is 20.3. The minimum absolute atomic E-state index is 0.205. The SMILES string of the molecule is COc1c(N)c(O)c(-n2nc(C(N)=O)c3c2C(=O)N(c2ccc(N4C(=O)CCC(COc5c(O)c(O)c(-n6nc(C(N)=O)c7c6C(=O)N(c6ccc(N8C(=O)C(O)(O)CCC8(O)O)cc6)CC7(O)O)c(O)c5O)C4(O)O)cc2)CC3(O)O)c(O)c1O. The van der Waals surface area contributed by atoms with Crippen LogP contribution in [0.15, 0.2) is 48.5 Å². The average molecular weight is 1200 g/mol. The van der Waals surface area contributed by atoms with E-state index in [-0.39, 0.29) is 32.3 Å². The standard InChI is InChI=1S/C50H49N11O25/c1-85-39-25(51)32(63)30(33(64)36(39)67)60-28-23(26(54-60)41(52)70)47(77,78)15-56(43(28)72)18-3-7-20(8-4-18)58-22(62)11-2-17(50(58,83)84)14-86-40-37(68)34(65)31(35(66)38(40)69)61-29-24(27(55-61)42(53)71)48(79,80)16-57(44(29)73)19-5-9-21(10-6-19)59-45(74)46(75,76)12-13-49(59,81)82/h3-10,17,63-69,75-84H,2,11-16,51H2,1H3,(H2,52,70)(H2,53,71). The molecule has 2 aromatic heterocycles. The molecule has 6 heterocycles. The first-order valence-corrected chi connectivity index (χ1v) is 24.9. The number of phenols is 7. The smallest absolute Gasteiger partial charge is 0.291 e. The molecule has 0 saturated carbocycles. The molecule has 0 bridgehead atoms. The minimum atomic E-state index is -3.28. The topological polar surface area (TPSA) is 591 Å². The summed E-state index contributed by atoms with van der Waals surface area (Å²) in [7, 11) is 1.02. The van der Waals surface area contributed by atoms with Crippen LogP contribution in [0.2, 0.25) is 0 Å². The second-order valence-corrected chi connectivity index (χ2v) is 20.3. The number of phenolic OH excluding ortho intramolecular Hbond substituents is 7. The molecule has 10 rings (SSSR count). The van der Waals surface area contributed by atoms with Gasteiger partial charge in [-0.3, -0.25) is 38.6 Å². The highest BCUT2D eigenvalue weighted by Crippen LogP contribution is 2.55. The minimum Gasteiger partial charge on any atom is -0.504 e. The maximum absolute atomic E-state index is 14.4.